The predicted molar refractivity (Wildman–Crippen MR) is 62.3 cm³/mol. The van der Waals surface area contributed by atoms with Gasteiger partial charge in [-0.25, -0.2) is 9.48 Å². The summed E-state index contributed by atoms with van der Waals surface area (Å²) in [6.45, 7) is -0.177. The number of carboxylic acid groups (broad SMARTS) is 1. The smallest absolute Gasteiger partial charge is 0.391 e. The first-order valence-electron chi connectivity index (χ1n) is 6.25. The molecule has 116 valence electrons. The van der Waals surface area contributed by atoms with Gasteiger partial charge in [0.25, 0.3) is 0 Å². The molecule has 1 fully saturated rings. The monoisotopic (exact) mass is 306 g/mol. The highest BCUT2D eigenvalue weighted by Crippen LogP contribution is 2.34. The first-order chi connectivity index (χ1) is 9.77. The van der Waals surface area contributed by atoms with E-state index in [-0.39, 0.29) is 38.2 Å². The van der Waals surface area contributed by atoms with Gasteiger partial charge in [0.05, 0.1) is 12.1 Å². The van der Waals surface area contributed by atoms with E-state index >= 15 is 0 Å². The molecule has 0 spiro atoms. The van der Waals surface area contributed by atoms with E-state index < -0.39 is 24.0 Å². The standard InChI is InChI=1S/C11H13F3N4O3/c12-11(13,14)7-1-3-17(4-2-7)9(19)6-18-5-8(10(20)21)15-16-18/h5,7H,1-4,6H2,(H,20,21). The third-order valence-electron chi connectivity index (χ3n) is 3.37. The lowest BCUT2D eigenvalue weighted by molar-refractivity contribution is -0.186. The van der Waals surface area contributed by atoms with Crippen molar-refractivity contribution in [2.75, 3.05) is 13.1 Å². The SMILES string of the molecule is O=C(O)c1cn(CC(=O)N2CCC(C(F)(F)F)CC2)nn1. The molecule has 0 radical (unpaired) electrons. The molecule has 0 saturated carbocycles. The van der Waals surface area contributed by atoms with Gasteiger partial charge in [-0.05, 0) is 12.8 Å². The third kappa shape index (κ3) is 3.70. The molecule has 2 heterocycles. The van der Waals surface area contributed by atoms with Crippen LogP contribution in [0, 0.1) is 5.92 Å². The molecule has 1 aromatic rings. The van der Waals surface area contributed by atoms with Crippen molar-refractivity contribution in [1.29, 1.82) is 0 Å². The van der Waals surface area contributed by atoms with E-state index in [0.29, 0.717) is 0 Å². The van der Waals surface area contributed by atoms with Gasteiger partial charge < -0.3 is 10.0 Å². The van der Waals surface area contributed by atoms with Gasteiger partial charge in [-0.2, -0.15) is 13.2 Å². The average Bonchev–Trinajstić information content (AvgIpc) is 2.86. The van der Waals surface area contributed by atoms with E-state index in [0.717, 1.165) is 10.9 Å². The van der Waals surface area contributed by atoms with E-state index in [9.17, 15) is 22.8 Å². The number of halogens is 3. The third-order valence-corrected chi connectivity index (χ3v) is 3.37. The molecule has 10 heteroatoms. The van der Waals surface area contributed by atoms with E-state index in [1.165, 1.54) is 4.90 Å². The molecule has 1 aromatic heterocycles. The molecule has 0 bridgehead atoms. The van der Waals surface area contributed by atoms with Gasteiger partial charge in [0.2, 0.25) is 5.91 Å². The van der Waals surface area contributed by atoms with Crippen molar-refractivity contribution in [3.8, 4) is 0 Å². The van der Waals surface area contributed by atoms with Crippen molar-refractivity contribution in [3.05, 3.63) is 11.9 Å². The van der Waals surface area contributed by atoms with Crippen LogP contribution < -0.4 is 0 Å². The maximum absolute atomic E-state index is 12.5. The Balaban J connectivity index is 1.88. The Morgan fingerprint density at radius 3 is 2.43 bits per heavy atom. The van der Waals surface area contributed by atoms with Crippen LogP contribution in [0.3, 0.4) is 0 Å². The molecule has 1 aliphatic rings. The Bertz CT molecular complexity index is 535. The van der Waals surface area contributed by atoms with Crippen LogP contribution in [0.15, 0.2) is 6.20 Å². The molecule has 7 nitrogen and oxygen atoms in total. The number of aromatic carboxylic acids is 1. The van der Waals surface area contributed by atoms with Crippen molar-refractivity contribution >= 4 is 11.9 Å². The lowest BCUT2D eigenvalue weighted by Gasteiger charge is -2.32. The van der Waals surface area contributed by atoms with Crippen LogP contribution in [0.4, 0.5) is 13.2 Å². The fraction of sp³-hybridized carbons (Fsp3) is 0.636. The number of nitrogens with zero attached hydrogens (tertiary/aromatic N) is 4. The van der Waals surface area contributed by atoms with Crippen LogP contribution >= 0.6 is 0 Å². The van der Waals surface area contributed by atoms with E-state index in [4.69, 9.17) is 5.11 Å². The number of amides is 1. The zero-order chi connectivity index (χ0) is 15.6. The Hall–Kier alpha value is -2.13. The summed E-state index contributed by atoms with van der Waals surface area (Å²) in [6.07, 6.45) is -3.36. The number of rotatable bonds is 3. The maximum atomic E-state index is 12.5. The molecule has 1 N–H and O–H groups in total. The number of aromatic nitrogens is 3. The van der Waals surface area contributed by atoms with Crippen molar-refractivity contribution in [3.63, 3.8) is 0 Å². The normalized spacial score (nSPS) is 17.0. The first kappa shape index (κ1) is 15.3. The molecular formula is C11H13F3N4O3. The minimum atomic E-state index is -4.22. The molecule has 0 aromatic carbocycles. The number of piperidine rings is 1. The molecule has 1 amide bonds. The van der Waals surface area contributed by atoms with Gasteiger partial charge in [-0.3, -0.25) is 4.79 Å². The molecular weight excluding hydrogens is 293 g/mol. The molecule has 0 atom stereocenters. The highest BCUT2D eigenvalue weighted by molar-refractivity contribution is 5.84. The van der Waals surface area contributed by atoms with Crippen molar-refractivity contribution < 1.29 is 27.9 Å². The fourth-order valence-corrected chi connectivity index (χ4v) is 2.17. The van der Waals surface area contributed by atoms with E-state index in [1.54, 1.807) is 0 Å². The van der Waals surface area contributed by atoms with Crippen molar-refractivity contribution in [2.24, 2.45) is 5.92 Å². The number of alkyl halides is 3. The summed E-state index contributed by atoms with van der Waals surface area (Å²) >= 11 is 0. The maximum Gasteiger partial charge on any atom is 0.391 e. The molecule has 0 aliphatic carbocycles. The second-order valence-electron chi connectivity index (χ2n) is 4.80. The summed E-state index contributed by atoms with van der Waals surface area (Å²) in [5, 5.41) is 15.5. The Morgan fingerprint density at radius 1 is 1.33 bits per heavy atom. The summed E-state index contributed by atoms with van der Waals surface area (Å²) in [7, 11) is 0. The van der Waals surface area contributed by atoms with Gasteiger partial charge in [0.1, 0.15) is 6.54 Å². The number of carbonyl (C=O) groups excluding carboxylic acids is 1. The van der Waals surface area contributed by atoms with Crippen LogP contribution in [-0.4, -0.2) is 56.1 Å². The second kappa shape index (κ2) is 5.70. The summed E-state index contributed by atoms with van der Waals surface area (Å²) in [6, 6.07) is 0. The molecule has 2 rings (SSSR count). The lowest BCUT2D eigenvalue weighted by Crippen LogP contribution is -2.43. The Kier molecular flexibility index (Phi) is 4.14. The summed E-state index contributed by atoms with van der Waals surface area (Å²) < 4.78 is 38.6. The lowest BCUT2D eigenvalue weighted by atomic mass is 9.96. The summed E-state index contributed by atoms with van der Waals surface area (Å²) in [5.74, 6) is -3.04. The number of carboxylic acids is 1. The zero-order valence-corrected chi connectivity index (χ0v) is 10.9. The Morgan fingerprint density at radius 2 is 1.95 bits per heavy atom. The van der Waals surface area contributed by atoms with Crippen molar-refractivity contribution in [1.82, 2.24) is 19.9 Å². The van der Waals surface area contributed by atoms with Crippen LogP contribution in [0.5, 0.6) is 0 Å². The molecule has 0 unspecified atom stereocenters. The fourth-order valence-electron chi connectivity index (χ4n) is 2.17. The largest absolute Gasteiger partial charge is 0.476 e. The van der Waals surface area contributed by atoms with Crippen LogP contribution in [0.1, 0.15) is 23.3 Å². The first-order valence-corrected chi connectivity index (χ1v) is 6.25. The minimum Gasteiger partial charge on any atom is -0.476 e. The number of hydrogen-bond acceptors (Lipinski definition) is 4. The topological polar surface area (TPSA) is 88.3 Å². The van der Waals surface area contributed by atoms with Gasteiger partial charge in [0.15, 0.2) is 5.69 Å². The zero-order valence-electron chi connectivity index (χ0n) is 10.9. The van der Waals surface area contributed by atoms with Crippen LogP contribution in [0.2, 0.25) is 0 Å². The van der Waals surface area contributed by atoms with Crippen LogP contribution in [-0.2, 0) is 11.3 Å². The van der Waals surface area contributed by atoms with E-state index in [1.807, 2.05) is 0 Å². The quantitative estimate of drug-likeness (QED) is 0.891. The summed E-state index contributed by atoms with van der Waals surface area (Å²) in [5.41, 5.74) is -0.293. The highest BCUT2D eigenvalue weighted by Gasteiger charge is 2.41. The molecule has 1 aliphatic heterocycles. The summed E-state index contributed by atoms with van der Waals surface area (Å²) in [4.78, 5) is 23.8. The molecule has 1 saturated heterocycles. The van der Waals surface area contributed by atoms with Crippen LogP contribution in [0.25, 0.3) is 0 Å². The number of hydrogen-bond donors (Lipinski definition) is 1. The molecule has 21 heavy (non-hydrogen) atoms. The number of likely N-dealkylation sites (tertiary alicyclic amines) is 1. The second-order valence-corrected chi connectivity index (χ2v) is 4.80. The number of carbonyl (C=O) groups is 2. The van der Waals surface area contributed by atoms with Gasteiger partial charge in [0, 0.05) is 13.1 Å². The van der Waals surface area contributed by atoms with E-state index in [2.05, 4.69) is 10.3 Å². The Labute approximate surface area is 117 Å². The van der Waals surface area contributed by atoms with Crippen molar-refractivity contribution in [2.45, 2.75) is 25.6 Å². The van der Waals surface area contributed by atoms with Gasteiger partial charge in [-0.15, -0.1) is 5.10 Å². The van der Waals surface area contributed by atoms with Gasteiger partial charge in [-0.1, -0.05) is 5.21 Å². The average molecular weight is 306 g/mol. The van der Waals surface area contributed by atoms with Gasteiger partial charge >= 0.3 is 12.1 Å². The predicted octanol–water partition coefficient (Wildman–Crippen LogP) is 0.777. The minimum absolute atomic E-state index is 0.0312. The highest BCUT2D eigenvalue weighted by atomic mass is 19.4.